The van der Waals surface area contributed by atoms with Crippen molar-refractivity contribution < 1.29 is 34.7 Å². The van der Waals surface area contributed by atoms with Crippen LogP contribution in [0.2, 0.25) is 0 Å². The standard InChI is InChI=1S/C22H32O7/c1-5-28-18-20-12-7-6-11-10(2)15(24)21(12,16(11)25)22(27,29-18)17(26)14(20)19(3,4)9-8-13(20)23/h11-14,16-18,23,25-27H,2,5-9H2,1,3-4H3/t11-,12-,13-,14+,16+,17-,18+,20-,21-,22-/m0/s1. The molecule has 4 N–H and O–H groups in total. The van der Waals surface area contributed by atoms with Crippen molar-refractivity contribution in [1.82, 2.24) is 0 Å². The summed E-state index contributed by atoms with van der Waals surface area (Å²) in [4.78, 5) is 13.6. The third-order valence-corrected chi connectivity index (χ3v) is 9.22. The Hall–Kier alpha value is -0.830. The molecular weight excluding hydrogens is 376 g/mol. The fourth-order valence-corrected chi connectivity index (χ4v) is 8.26. The van der Waals surface area contributed by atoms with Crippen LogP contribution in [-0.4, -0.2) is 63.2 Å². The predicted octanol–water partition coefficient (Wildman–Crippen LogP) is 0.738. The first-order valence-corrected chi connectivity index (χ1v) is 10.8. The Kier molecular flexibility index (Phi) is 3.94. The van der Waals surface area contributed by atoms with Crippen LogP contribution in [0.15, 0.2) is 12.2 Å². The molecule has 2 saturated heterocycles. The van der Waals surface area contributed by atoms with Crippen LogP contribution in [0.3, 0.4) is 0 Å². The van der Waals surface area contributed by atoms with Crippen molar-refractivity contribution in [1.29, 1.82) is 0 Å². The normalized spacial score (nSPS) is 57.6. The molecule has 0 aromatic heterocycles. The quantitative estimate of drug-likeness (QED) is 0.498. The lowest BCUT2D eigenvalue weighted by Crippen LogP contribution is -2.88. The second-order valence-electron chi connectivity index (χ2n) is 10.5. The molecule has 7 heteroatoms. The monoisotopic (exact) mass is 408 g/mol. The van der Waals surface area contributed by atoms with Gasteiger partial charge >= 0.3 is 0 Å². The molecule has 2 heterocycles. The van der Waals surface area contributed by atoms with Gasteiger partial charge < -0.3 is 29.9 Å². The molecule has 4 bridgehead atoms. The molecule has 2 aliphatic heterocycles. The van der Waals surface area contributed by atoms with Crippen LogP contribution in [0.1, 0.15) is 46.5 Å². The van der Waals surface area contributed by atoms with Gasteiger partial charge in [-0.25, -0.2) is 0 Å². The Bertz CT molecular complexity index is 779. The van der Waals surface area contributed by atoms with Crippen molar-refractivity contribution in [3.8, 4) is 0 Å². The SMILES string of the molecule is C=C1C(=O)[C@]23[C@H](O)[C@H]1CC[C@H]2[C@@]12[C@H](OCC)O[C@@]3(O)[C@@H](O)[C@@H]1C(C)(C)CC[C@@H]2O. The van der Waals surface area contributed by atoms with E-state index in [0.29, 0.717) is 32.3 Å². The maximum Gasteiger partial charge on any atom is 0.211 e. The molecule has 0 unspecified atom stereocenters. The maximum atomic E-state index is 13.6. The molecule has 4 saturated carbocycles. The number of carbonyl (C=O) groups is 1. The highest BCUT2D eigenvalue weighted by Crippen LogP contribution is 2.78. The van der Waals surface area contributed by atoms with Crippen LogP contribution in [0.4, 0.5) is 0 Å². The number of aliphatic hydroxyl groups is 4. The molecule has 6 fully saturated rings. The maximum absolute atomic E-state index is 13.6. The average molecular weight is 408 g/mol. The molecule has 29 heavy (non-hydrogen) atoms. The van der Waals surface area contributed by atoms with Gasteiger partial charge in [0.1, 0.15) is 11.5 Å². The van der Waals surface area contributed by atoms with Gasteiger partial charge in [0.2, 0.25) is 5.79 Å². The molecule has 10 atom stereocenters. The average Bonchev–Trinajstić information content (AvgIpc) is 2.76. The summed E-state index contributed by atoms with van der Waals surface area (Å²) in [7, 11) is 0. The highest BCUT2D eigenvalue weighted by Gasteiger charge is 2.89. The minimum atomic E-state index is -2.30. The zero-order valence-corrected chi connectivity index (χ0v) is 17.3. The van der Waals surface area contributed by atoms with E-state index in [1.54, 1.807) is 0 Å². The molecule has 162 valence electrons. The van der Waals surface area contributed by atoms with Crippen molar-refractivity contribution >= 4 is 5.78 Å². The summed E-state index contributed by atoms with van der Waals surface area (Å²) in [6, 6.07) is 0. The number of ketones is 1. The van der Waals surface area contributed by atoms with Gasteiger partial charge in [0.15, 0.2) is 12.1 Å². The van der Waals surface area contributed by atoms with E-state index in [1.807, 2.05) is 20.8 Å². The second kappa shape index (κ2) is 5.69. The van der Waals surface area contributed by atoms with Gasteiger partial charge in [0.05, 0.1) is 17.6 Å². The summed E-state index contributed by atoms with van der Waals surface area (Å²) in [5.41, 5.74) is -2.98. The Balaban J connectivity index is 1.83. The second-order valence-corrected chi connectivity index (χ2v) is 10.5. The summed E-state index contributed by atoms with van der Waals surface area (Å²) in [5, 5.41) is 46.2. The van der Waals surface area contributed by atoms with Crippen molar-refractivity contribution in [3.05, 3.63) is 12.2 Å². The van der Waals surface area contributed by atoms with Crippen molar-refractivity contribution in [3.63, 3.8) is 0 Å². The van der Waals surface area contributed by atoms with Crippen LogP contribution >= 0.6 is 0 Å². The molecule has 0 aromatic carbocycles. The lowest BCUT2D eigenvalue weighted by molar-refractivity contribution is -0.511. The van der Waals surface area contributed by atoms with Gasteiger partial charge in [0.25, 0.3) is 0 Å². The van der Waals surface area contributed by atoms with Crippen LogP contribution < -0.4 is 0 Å². The molecule has 4 aliphatic carbocycles. The number of hydrogen-bond donors (Lipinski definition) is 4. The summed E-state index contributed by atoms with van der Waals surface area (Å²) >= 11 is 0. The van der Waals surface area contributed by atoms with Gasteiger partial charge in [-0.3, -0.25) is 4.79 Å². The molecule has 6 rings (SSSR count). The van der Waals surface area contributed by atoms with Gasteiger partial charge in [-0.2, -0.15) is 0 Å². The minimum absolute atomic E-state index is 0.280. The summed E-state index contributed by atoms with van der Waals surface area (Å²) in [5.74, 6) is -4.33. The van der Waals surface area contributed by atoms with Gasteiger partial charge in [-0.15, -0.1) is 0 Å². The molecule has 6 aliphatic rings. The number of hydrogen-bond acceptors (Lipinski definition) is 7. The fourth-order valence-electron chi connectivity index (χ4n) is 8.26. The van der Waals surface area contributed by atoms with Gasteiger partial charge in [0, 0.05) is 18.4 Å². The predicted molar refractivity (Wildman–Crippen MR) is 101 cm³/mol. The molecule has 2 spiro atoms. The molecule has 0 radical (unpaired) electrons. The first-order valence-electron chi connectivity index (χ1n) is 10.8. The number of Topliss-reactive ketones (excluding diaryl/α,β-unsaturated/α-hetero) is 1. The van der Waals surface area contributed by atoms with Crippen LogP contribution in [0, 0.1) is 34.0 Å². The lowest BCUT2D eigenvalue weighted by atomic mass is 9.35. The van der Waals surface area contributed by atoms with Crippen LogP contribution in [0.5, 0.6) is 0 Å². The summed E-state index contributed by atoms with van der Waals surface area (Å²) < 4.78 is 12.0. The number of ether oxygens (including phenoxy) is 2. The number of fused-ring (bicyclic) bond motifs is 2. The number of aliphatic hydroxyl groups excluding tert-OH is 3. The van der Waals surface area contributed by atoms with Crippen LogP contribution in [0.25, 0.3) is 0 Å². The summed E-state index contributed by atoms with van der Waals surface area (Å²) in [6.45, 7) is 10.0. The fraction of sp³-hybridized carbons (Fsp3) is 0.864. The largest absolute Gasteiger partial charge is 0.392 e. The van der Waals surface area contributed by atoms with E-state index in [0.717, 1.165) is 0 Å². The van der Waals surface area contributed by atoms with E-state index in [4.69, 9.17) is 9.47 Å². The van der Waals surface area contributed by atoms with Gasteiger partial charge in [-0.05, 0) is 49.5 Å². The molecule has 7 nitrogen and oxygen atoms in total. The third kappa shape index (κ3) is 1.82. The lowest BCUT2D eigenvalue weighted by Gasteiger charge is -2.76. The van der Waals surface area contributed by atoms with Crippen molar-refractivity contribution in [2.24, 2.45) is 34.0 Å². The van der Waals surface area contributed by atoms with E-state index in [2.05, 4.69) is 6.58 Å². The Labute approximate surface area is 170 Å². The minimum Gasteiger partial charge on any atom is -0.392 e. The first kappa shape index (κ1) is 20.1. The van der Waals surface area contributed by atoms with Crippen LogP contribution in [-0.2, 0) is 14.3 Å². The topological polar surface area (TPSA) is 116 Å². The summed E-state index contributed by atoms with van der Waals surface area (Å²) in [6.07, 6.45) is -2.29. The van der Waals surface area contributed by atoms with Gasteiger partial charge in [-0.1, -0.05) is 20.4 Å². The number of rotatable bonds is 2. The first-order chi connectivity index (χ1) is 13.5. The zero-order chi connectivity index (χ0) is 21.1. The third-order valence-electron chi connectivity index (χ3n) is 9.22. The Morgan fingerprint density at radius 2 is 1.86 bits per heavy atom. The Morgan fingerprint density at radius 3 is 2.52 bits per heavy atom. The highest BCUT2D eigenvalue weighted by atomic mass is 16.8. The number of carbonyl (C=O) groups excluding carboxylic acids is 1. The van der Waals surface area contributed by atoms with E-state index in [1.165, 1.54) is 0 Å². The molecular formula is C22H32O7. The van der Waals surface area contributed by atoms with E-state index >= 15 is 0 Å². The van der Waals surface area contributed by atoms with E-state index < -0.39 is 70.2 Å². The molecule has 0 aromatic rings. The zero-order valence-electron chi connectivity index (χ0n) is 17.3. The smallest absolute Gasteiger partial charge is 0.211 e. The van der Waals surface area contributed by atoms with Crippen molar-refractivity contribution in [2.45, 2.75) is 76.8 Å². The van der Waals surface area contributed by atoms with Crippen molar-refractivity contribution in [2.75, 3.05) is 6.61 Å². The van der Waals surface area contributed by atoms with E-state index in [9.17, 15) is 25.2 Å². The van der Waals surface area contributed by atoms with E-state index in [-0.39, 0.29) is 5.57 Å². The Morgan fingerprint density at radius 1 is 1.17 bits per heavy atom. The highest BCUT2D eigenvalue weighted by molar-refractivity contribution is 6.05. The molecule has 0 amide bonds.